The molecule has 0 aliphatic rings. The van der Waals surface area contributed by atoms with Crippen LogP contribution in [0.25, 0.3) is 0 Å². The molecule has 0 aliphatic carbocycles. The van der Waals surface area contributed by atoms with Gasteiger partial charge in [-0.1, -0.05) is 37.6 Å². The third kappa shape index (κ3) is 5.94. The average Bonchev–Trinajstić information content (AvgIpc) is 2.45. The monoisotopic (exact) mass is 312 g/mol. The van der Waals surface area contributed by atoms with E-state index in [0.29, 0.717) is 29.8 Å². The molecule has 0 heterocycles. The summed E-state index contributed by atoms with van der Waals surface area (Å²) in [5.41, 5.74) is 0.968. The summed E-state index contributed by atoms with van der Waals surface area (Å²) in [6.45, 7) is 8.49. The number of ether oxygens (including phenoxy) is 1. The summed E-state index contributed by atoms with van der Waals surface area (Å²) >= 11 is 6.19. The summed E-state index contributed by atoms with van der Waals surface area (Å²) in [5, 5.41) is 3.89. The van der Waals surface area contributed by atoms with Crippen LogP contribution in [0.3, 0.4) is 0 Å². The van der Waals surface area contributed by atoms with Crippen molar-refractivity contribution in [3.63, 3.8) is 0 Å². The van der Waals surface area contributed by atoms with E-state index in [-0.39, 0.29) is 12.5 Å². The van der Waals surface area contributed by atoms with Gasteiger partial charge in [-0.3, -0.25) is 4.79 Å². The molecule has 0 saturated carbocycles. The molecule has 0 atom stereocenters. The van der Waals surface area contributed by atoms with Gasteiger partial charge in [0.1, 0.15) is 5.75 Å². The number of carbonyl (C=O) groups excluding carboxylic acids is 1. The minimum atomic E-state index is -0.0569. The van der Waals surface area contributed by atoms with Crippen molar-refractivity contribution in [1.29, 1.82) is 0 Å². The summed E-state index contributed by atoms with van der Waals surface area (Å²) in [6, 6.07) is 5.63. The van der Waals surface area contributed by atoms with Crippen LogP contribution in [0.5, 0.6) is 5.75 Å². The number of hydrogen-bond donors (Lipinski definition) is 1. The number of rotatable bonds is 8. The van der Waals surface area contributed by atoms with E-state index in [1.165, 1.54) is 0 Å². The minimum Gasteiger partial charge on any atom is -0.482 e. The van der Waals surface area contributed by atoms with E-state index in [0.717, 1.165) is 12.1 Å². The lowest BCUT2D eigenvalue weighted by Crippen LogP contribution is -2.31. The van der Waals surface area contributed by atoms with Gasteiger partial charge in [0, 0.05) is 25.7 Å². The number of para-hydroxylation sites is 1. The van der Waals surface area contributed by atoms with Gasteiger partial charge in [-0.25, -0.2) is 0 Å². The van der Waals surface area contributed by atoms with E-state index in [1.54, 1.807) is 18.0 Å². The summed E-state index contributed by atoms with van der Waals surface area (Å²) in [7, 11) is 1.75. The zero-order valence-electron chi connectivity index (χ0n) is 13.3. The summed E-state index contributed by atoms with van der Waals surface area (Å²) in [4.78, 5) is 13.4. The first-order valence-corrected chi connectivity index (χ1v) is 7.68. The van der Waals surface area contributed by atoms with Crippen molar-refractivity contribution >= 4 is 17.5 Å². The normalized spacial score (nSPS) is 10.8. The Bertz CT molecular complexity index is 464. The molecule has 0 unspecified atom stereocenters. The average molecular weight is 313 g/mol. The lowest BCUT2D eigenvalue weighted by atomic mass is 10.2. The van der Waals surface area contributed by atoms with Crippen molar-refractivity contribution in [3.05, 3.63) is 28.8 Å². The van der Waals surface area contributed by atoms with E-state index < -0.39 is 0 Å². The Hall–Kier alpha value is -1.26. The molecular weight excluding hydrogens is 288 g/mol. The van der Waals surface area contributed by atoms with Crippen molar-refractivity contribution in [2.45, 2.75) is 27.3 Å². The number of amides is 1. The maximum atomic E-state index is 11.8. The van der Waals surface area contributed by atoms with Crippen LogP contribution in [0, 0.1) is 5.92 Å². The molecule has 0 bridgehead atoms. The topological polar surface area (TPSA) is 41.6 Å². The summed E-state index contributed by atoms with van der Waals surface area (Å²) in [6.07, 6.45) is 0. The highest BCUT2D eigenvalue weighted by Crippen LogP contribution is 2.28. The lowest BCUT2D eigenvalue weighted by molar-refractivity contribution is -0.131. The highest BCUT2D eigenvalue weighted by atomic mass is 35.5. The fraction of sp³-hybridized carbons (Fsp3) is 0.562. The largest absolute Gasteiger partial charge is 0.482 e. The van der Waals surface area contributed by atoms with E-state index in [2.05, 4.69) is 19.2 Å². The summed E-state index contributed by atoms with van der Waals surface area (Å²) in [5.74, 6) is 1.11. The Kier molecular flexibility index (Phi) is 7.54. The molecule has 21 heavy (non-hydrogen) atoms. The van der Waals surface area contributed by atoms with Crippen molar-refractivity contribution in [2.24, 2.45) is 5.92 Å². The highest BCUT2D eigenvalue weighted by molar-refractivity contribution is 6.32. The lowest BCUT2D eigenvalue weighted by Gasteiger charge is -2.17. The van der Waals surface area contributed by atoms with Gasteiger partial charge in [-0.2, -0.15) is 0 Å². The van der Waals surface area contributed by atoms with Crippen LogP contribution in [-0.4, -0.2) is 37.6 Å². The number of nitrogens with zero attached hydrogens (tertiary/aromatic N) is 1. The second kappa shape index (κ2) is 8.90. The Morgan fingerprint density at radius 2 is 2.14 bits per heavy atom. The third-order valence-electron chi connectivity index (χ3n) is 3.16. The van der Waals surface area contributed by atoms with Crippen LogP contribution in [-0.2, 0) is 11.3 Å². The standard InChI is InChI=1S/C16H25ClN2O2/c1-5-19(4)15(20)11-21-16-13(7-6-8-14(16)17)10-18-9-12(2)3/h6-8,12,18H,5,9-11H2,1-4H3. The number of likely N-dealkylation sites (N-methyl/N-ethyl adjacent to an activating group) is 1. The zero-order valence-corrected chi connectivity index (χ0v) is 14.0. The van der Waals surface area contributed by atoms with Crippen LogP contribution in [0.15, 0.2) is 18.2 Å². The van der Waals surface area contributed by atoms with Gasteiger partial charge in [0.2, 0.25) is 0 Å². The van der Waals surface area contributed by atoms with Gasteiger partial charge in [-0.15, -0.1) is 0 Å². The van der Waals surface area contributed by atoms with E-state index in [1.807, 2.05) is 19.1 Å². The predicted molar refractivity (Wildman–Crippen MR) is 86.8 cm³/mol. The predicted octanol–water partition coefficient (Wildman–Crippen LogP) is 2.94. The van der Waals surface area contributed by atoms with Gasteiger partial charge < -0.3 is 15.0 Å². The van der Waals surface area contributed by atoms with Crippen molar-refractivity contribution in [1.82, 2.24) is 10.2 Å². The first-order valence-electron chi connectivity index (χ1n) is 7.30. The number of carbonyl (C=O) groups is 1. The minimum absolute atomic E-state index is 0.00521. The molecule has 1 N–H and O–H groups in total. The Morgan fingerprint density at radius 3 is 2.76 bits per heavy atom. The second-order valence-electron chi connectivity index (χ2n) is 5.45. The Labute approximate surface area is 132 Å². The van der Waals surface area contributed by atoms with Crippen LogP contribution >= 0.6 is 11.6 Å². The molecule has 4 nitrogen and oxygen atoms in total. The number of halogens is 1. The van der Waals surface area contributed by atoms with Crippen molar-refractivity contribution in [2.75, 3.05) is 26.7 Å². The molecule has 0 fully saturated rings. The quantitative estimate of drug-likeness (QED) is 0.802. The molecular formula is C16H25ClN2O2. The van der Waals surface area contributed by atoms with Gasteiger partial charge in [-0.05, 0) is 25.5 Å². The first-order chi connectivity index (χ1) is 9.95. The van der Waals surface area contributed by atoms with Crippen LogP contribution < -0.4 is 10.1 Å². The molecule has 1 aromatic rings. The summed E-state index contributed by atoms with van der Waals surface area (Å²) < 4.78 is 5.65. The fourth-order valence-corrected chi connectivity index (χ4v) is 2.02. The van der Waals surface area contributed by atoms with Crippen LogP contribution in [0.2, 0.25) is 5.02 Å². The van der Waals surface area contributed by atoms with Crippen molar-refractivity contribution in [3.8, 4) is 5.75 Å². The Morgan fingerprint density at radius 1 is 1.43 bits per heavy atom. The zero-order chi connectivity index (χ0) is 15.8. The molecule has 0 saturated heterocycles. The second-order valence-corrected chi connectivity index (χ2v) is 5.86. The highest BCUT2D eigenvalue weighted by Gasteiger charge is 2.12. The molecule has 0 spiro atoms. The van der Waals surface area contributed by atoms with E-state index in [9.17, 15) is 4.79 Å². The first kappa shape index (κ1) is 17.8. The van der Waals surface area contributed by atoms with Crippen LogP contribution in [0.1, 0.15) is 26.3 Å². The smallest absolute Gasteiger partial charge is 0.260 e. The maximum absolute atomic E-state index is 11.8. The molecule has 5 heteroatoms. The van der Waals surface area contributed by atoms with Gasteiger partial charge in [0.05, 0.1) is 5.02 Å². The number of benzene rings is 1. The third-order valence-corrected chi connectivity index (χ3v) is 3.45. The van der Waals surface area contributed by atoms with E-state index in [4.69, 9.17) is 16.3 Å². The molecule has 0 radical (unpaired) electrons. The molecule has 1 aromatic carbocycles. The SMILES string of the molecule is CCN(C)C(=O)COc1c(Cl)cccc1CNCC(C)C. The van der Waals surface area contributed by atoms with Gasteiger partial charge >= 0.3 is 0 Å². The fourth-order valence-electron chi connectivity index (χ4n) is 1.77. The molecule has 0 aromatic heterocycles. The molecule has 118 valence electrons. The molecule has 1 rings (SSSR count). The number of nitrogens with one attached hydrogen (secondary N) is 1. The number of hydrogen-bond acceptors (Lipinski definition) is 3. The van der Waals surface area contributed by atoms with Gasteiger partial charge in [0.15, 0.2) is 6.61 Å². The van der Waals surface area contributed by atoms with E-state index >= 15 is 0 Å². The van der Waals surface area contributed by atoms with Crippen molar-refractivity contribution < 1.29 is 9.53 Å². The van der Waals surface area contributed by atoms with Crippen LogP contribution in [0.4, 0.5) is 0 Å². The molecule has 1 amide bonds. The Balaban J connectivity index is 2.69. The van der Waals surface area contributed by atoms with Gasteiger partial charge in [0.25, 0.3) is 5.91 Å². The maximum Gasteiger partial charge on any atom is 0.260 e. The molecule has 0 aliphatic heterocycles.